The molecule has 1 heterocycles. The van der Waals surface area contributed by atoms with E-state index >= 15 is 0 Å². The van der Waals surface area contributed by atoms with Crippen molar-refractivity contribution in [1.29, 1.82) is 5.26 Å². The maximum atomic E-state index is 13.2. The first kappa shape index (κ1) is 33.7. The fourth-order valence-electron chi connectivity index (χ4n) is 3.83. The number of hydrogen-bond acceptors (Lipinski definition) is 9. The summed E-state index contributed by atoms with van der Waals surface area (Å²) in [5.41, 5.74) is 1.69. The lowest BCUT2D eigenvalue weighted by Crippen LogP contribution is -2.53. The molecule has 0 aliphatic heterocycles. The third kappa shape index (κ3) is 11.5. The number of hydrogen-bond donors (Lipinski definition) is 4. The van der Waals surface area contributed by atoms with E-state index in [1.54, 1.807) is 13.0 Å². The second-order valence-corrected chi connectivity index (χ2v) is 11.0. The molecule has 12 nitrogen and oxygen atoms in total. The largest absolute Gasteiger partial charge is 0.467 e. The molecule has 0 saturated heterocycles. The van der Waals surface area contributed by atoms with Gasteiger partial charge >= 0.3 is 5.97 Å². The van der Waals surface area contributed by atoms with E-state index in [2.05, 4.69) is 26.4 Å². The average molecular weight is 581 g/mol. The third-order valence-electron chi connectivity index (χ3n) is 6.02. The highest BCUT2D eigenvalue weighted by Crippen LogP contribution is 2.17. The number of carbonyl (C=O) groups is 4. The second-order valence-electron chi connectivity index (χ2n) is 11.0. The van der Waals surface area contributed by atoms with Crippen LogP contribution in [0, 0.1) is 30.6 Å². The fraction of sp³-hybridized carbons (Fsp3) is 0.467. The van der Waals surface area contributed by atoms with Gasteiger partial charge in [0.1, 0.15) is 23.4 Å². The summed E-state index contributed by atoms with van der Waals surface area (Å²) < 4.78 is 9.76. The van der Waals surface area contributed by atoms with E-state index in [0.717, 1.165) is 11.1 Å². The van der Waals surface area contributed by atoms with Crippen LogP contribution in [0.2, 0.25) is 0 Å². The van der Waals surface area contributed by atoms with E-state index in [1.807, 2.05) is 58.0 Å². The Labute approximate surface area is 246 Å². The quantitative estimate of drug-likeness (QED) is 0.113. The summed E-state index contributed by atoms with van der Waals surface area (Å²) in [6, 6.07) is 9.19. The molecule has 0 radical (unpaired) electrons. The molecule has 2 aromatic rings. The van der Waals surface area contributed by atoms with Gasteiger partial charge in [-0.25, -0.2) is 4.79 Å². The van der Waals surface area contributed by atoms with E-state index in [1.165, 1.54) is 13.2 Å². The van der Waals surface area contributed by atoms with Gasteiger partial charge in [0.25, 0.3) is 11.8 Å². The van der Waals surface area contributed by atoms with Gasteiger partial charge in [0, 0.05) is 25.7 Å². The molecule has 42 heavy (non-hydrogen) atoms. The molecule has 1 aromatic carbocycles. The zero-order chi connectivity index (χ0) is 31.3. The van der Waals surface area contributed by atoms with E-state index in [9.17, 15) is 24.4 Å². The highest BCUT2D eigenvalue weighted by molar-refractivity contribution is 5.97. The Bertz CT molecular complexity index is 1300. The van der Waals surface area contributed by atoms with Crippen molar-refractivity contribution < 1.29 is 28.4 Å². The standard InChI is InChI=1S/C30H40N6O6/c1-19-9-11-21(12-10-19)17-34-27(38)23(8-7-13-32-26(37)22(16-31)15-30(3,4)5)33-18-25(29(40)41-6)35-28(39)24-14-20(2)42-36-24/h9-12,14-15,23,25,33H,7-8,13,17-18H2,1-6H3,(H,32,37)(H,34,38)(H,35,39)/t23-,25-/m0/s1. The topological polar surface area (TPSA) is 175 Å². The van der Waals surface area contributed by atoms with Crippen LogP contribution in [0.4, 0.5) is 0 Å². The molecule has 12 heteroatoms. The monoisotopic (exact) mass is 580 g/mol. The minimum atomic E-state index is -1.12. The summed E-state index contributed by atoms with van der Waals surface area (Å²) >= 11 is 0. The van der Waals surface area contributed by atoms with Crippen molar-refractivity contribution in [1.82, 2.24) is 26.4 Å². The van der Waals surface area contributed by atoms with Gasteiger partial charge in [-0.3, -0.25) is 14.4 Å². The molecule has 3 amide bonds. The molecule has 2 rings (SSSR count). The average Bonchev–Trinajstić information content (AvgIpc) is 3.39. The number of allylic oxidation sites excluding steroid dienone is 1. The lowest BCUT2D eigenvalue weighted by atomic mass is 9.93. The summed E-state index contributed by atoms with van der Waals surface area (Å²) in [5, 5.41) is 24.2. The van der Waals surface area contributed by atoms with Crippen molar-refractivity contribution in [2.24, 2.45) is 5.41 Å². The Morgan fingerprint density at radius 1 is 1.10 bits per heavy atom. The van der Waals surface area contributed by atoms with Crippen LogP contribution < -0.4 is 21.3 Å². The molecule has 226 valence electrons. The Hall–Kier alpha value is -4.50. The number of rotatable bonds is 14. The van der Waals surface area contributed by atoms with Crippen LogP contribution in [0.5, 0.6) is 0 Å². The first-order valence-corrected chi connectivity index (χ1v) is 13.6. The van der Waals surface area contributed by atoms with Gasteiger partial charge in [-0.2, -0.15) is 5.26 Å². The van der Waals surface area contributed by atoms with Gasteiger partial charge in [0.05, 0.1) is 13.2 Å². The lowest BCUT2D eigenvalue weighted by Gasteiger charge is -2.22. The number of esters is 1. The normalized spacial score (nSPS) is 12.9. The van der Waals surface area contributed by atoms with Crippen LogP contribution >= 0.6 is 0 Å². The minimum absolute atomic E-state index is 0.00165. The Morgan fingerprint density at radius 3 is 2.36 bits per heavy atom. The van der Waals surface area contributed by atoms with E-state index < -0.39 is 29.9 Å². The van der Waals surface area contributed by atoms with E-state index in [4.69, 9.17) is 9.26 Å². The van der Waals surface area contributed by atoms with E-state index in [-0.39, 0.29) is 42.1 Å². The zero-order valence-corrected chi connectivity index (χ0v) is 25.0. The summed E-state index contributed by atoms with van der Waals surface area (Å²) in [6.07, 6.45) is 2.28. The highest BCUT2D eigenvalue weighted by atomic mass is 16.5. The van der Waals surface area contributed by atoms with Gasteiger partial charge in [0.2, 0.25) is 5.91 Å². The second kappa shape index (κ2) is 16.1. The molecular weight excluding hydrogens is 540 g/mol. The van der Waals surface area contributed by atoms with Crippen LogP contribution in [-0.2, 0) is 25.7 Å². The number of aryl methyl sites for hydroxylation is 2. The number of benzene rings is 1. The predicted octanol–water partition coefficient (Wildman–Crippen LogP) is 2.23. The van der Waals surface area contributed by atoms with Crippen LogP contribution in [0.25, 0.3) is 0 Å². The maximum Gasteiger partial charge on any atom is 0.329 e. The number of aromatic nitrogens is 1. The Kier molecular flexibility index (Phi) is 12.9. The SMILES string of the molecule is COC(=O)[C@H](CN[C@@H](CCCNC(=O)C(C#N)=CC(C)(C)C)C(=O)NCc1ccc(C)cc1)NC(=O)c1cc(C)on1. The fourth-order valence-corrected chi connectivity index (χ4v) is 3.83. The number of amides is 3. The van der Waals surface area contributed by atoms with Crippen molar-refractivity contribution in [2.75, 3.05) is 20.2 Å². The van der Waals surface area contributed by atoms with Gasteiger partial charge in [-0.15, -0.1) is 0 Å². The first-order valence-electron chi connectivity index (χ1n) is 13.6. The minimum Gasteiger partial charge on any atom is -0.467 e. The van der Waals surface area contributed by atoms with Crippen LogP contribution in [0.15, 0.2) is 46.5 Å². The number of nitrogens with zero attached hydrogens (tertiary/aromatic N) is 2. The number of carbonyl (C=O) groups excluding carboxylic acids is 4. The number of ether oxygens (including phenoxy) is 1. The molecular formula is C30H40N6O6. The third-order valence-corrected chi connectivity index (χ3v) is 6.02. The van der Waals surface area contributed by atoms with Gasteiger partial charge in [0.15, 0.2) is 5.69 Å². The molecule has 1 aromatic heterocycles. The van der Waals surface area contributed by atoms with Crippen molar-refractivity contribution in [3.05, 3.63) is 64.6 Å². The summed E-state index contributed by atoms with van der Waals surface area (Å²) in [5.74, 6) is -1.73. The molecule has 0 unspecified atom stereocenters. The van der Waals surface area contributed by atoms with Crippen LogP contribution in [0.3, 0.4) is 0 Å². The van der Waals surface area contributed by atoms with Gasteiger partial charge < -0.3 is 30.5 Å². The highest BCUT2D eigenvalue weighted by Gasteiger charge is 2.26. The molecule has 0 bridgehead atoms. The molecule has 0 fully saturated rings. The molecule has 4 N–H and O–H groups in total. The number of methoxy groups -OCH3 is 1. The van der Waals surface area contributed by atoms with Crippen molar-refractivity contribution >= 4 is 23.7 Å². The van der Waals surface area contributed by atoms with Crippen molar-refractivity contribution in [2.45, 2.75) is 66.1 Å². The Morgan fingerprint density at radius 2 is 1.79 bits per heavy atom. The maximum absolute atomic E-state index is 13.2. The predicted molar refractivity (Wildman–Crippen MR) is 155 cm³/mol. The summed E-state index contributed by atoms with van der Waals surface area (Å²) in [4.78, 5) is 50.6. The molecule has 2 atom stereocenters. The smallest absolute Gasteiger partial charge is 0.329 e. The van der Waals surface area contributed by atoms with Crippen LogP contribution in [-0.4, -0.2) is 61.1 Å². The zero-order valence-electron chi connectivity index (χ0n) is 25.0. The van der Waals surface area contributed by atoms with Crippen LogP contribution in [0.1, 0.15) is 61.0 Å². The van der Waals surface area contributed by atoms with Crippen molar-refractivity contribution in [3.63, 3.8) is 0 Å². The summed E-state index contributed by atoms with van der Waals surface area (Å²) in [7, 11) is 1.19. The van der Waals surface area contributed by atoms with Gasteiger partial charge in [-0.05, 0) is 37.7 Å². The Balaban J connectivity index is 2.07. The first-order chi connectivity index (χ1) is 19.8. The van der Waals surface area contributed by atoms with E-state index in [0.29, 0.717) is 18.7 Å². The number of nitrogens with one attached hydrogen (secondary N) is 4. The molecule has 0 spiro atoms. The molecule has 0 aliphatic carbocycles. The lowest BCUT2D eigenvalue weighted by molar-refractivity contribution is -0.143. The van der Waals surface area contributed by atoms with Gasteiger partial charge in [-0.1, -0.05) is 61.8 Å². The molecule has 0 aliphatic rings. The number of nitriles is 1. The molecule has 0 saturated carbocycles. The van der Waals surface area contributed by atoms with Crippen molar-refractivity contribution in [3.8, 4) is 6.07 Å². The summed E-state index contributed by atoms with van der Waals surface area (Å²) in [6.45, 7) is 9.66.